The average molecular weight is 337 g/mol. The lowest BCUT2D eigenvalue weighted by atomic mass is 10.5. The second-order valence-electron chi connectivity index (χ2n) is 3.55. The van der Waals surface area contributed by atoms with Gasteiger partial charge in [-0.05, 0) is 0 Å². The summed E-state index contributed by atoms with van der Waals surface area (Å²) in [4.78, 5) is 32.2. The third kappa shape index (κ3) is 5.80. The van der Waals surface area contributed by atoms with Gasteiger partial charge in [-0.25, -0.2) is 8.42 Å². The van der Waals surface area contributed by atoms with Gasteiger partial charge in [0.05, 0.1) is 6.54 Å². The molecule has 1 aromatic heterocycles. The second-order valence-corrected chi connectivity index (χ2v) is 6.47. The number of carbonyl (C=O) groups excluding carboxylic acids is 2. The van der Waals surface area contributed by atoms with E-state index in [1.54, 1.807) is 0 Å². The predicted molar refractivity (Wildman–Crippen MR) is 70.0 cm³/mol. The maximum Gasteiger partial charge on any atom is 0.322 e. The number of sulfonamides is 1. The van der Waals surface area contributed by atoms with E-state index in [1.807, 2.05) is 10.0 Å². The molecule has 0 aliphatic rings. The summed E-state index contributed by atoms with van der Waals surface area (Å²) in [5.74, 6) is -2.50. The second kappa shape index (κ2) is 7.05. The lowest BCUT2D eigenvalue weighted by molar-refractivity contribution is -0.137. The van der Waals surface area contributed by atoms with Gasteiger partial charge < -0.3 is 15.7 Å². The molecule has 0 saturated heterocycles. The largest absolute Gasteiger partial charge is 0.480 e. The summed E-state index contributed by atoms with van der Waals surface area (Å²) in [6, 6.07) is 0. The summed E-state index contributed by atoms with van der Waals surface area (Å²) in [5, 5.41) is 19.4. The molecule has 0 spiro atoms. The molecule has 2 amide bonds. The first-order valence-electron chi connectivity index (χ1n) is 5.30. The van der Waals surface area contributed by atoms with E-state index in [9.17, 15) is 22.8 Å². The molecule has 21 heavy (non-hydrogen) atoms. The molecule has 0 aliphatic carbocycles. The molecular weight excluding hydrogens is 326 g/mol. The van der Waals surface area contributed by atoms with Crippen LogP contribution in [-0.4, -0.2) is 54.6 Å². The Morgan fingerprint density at radius 1 is 1.24 bits per heavy atom. The van der Waals surface area contributed by atoms with Crippen LogP contribution in [0.3, 0.4) is 0 Å². The molecule has 0 aromatic carbocycles. The number of carboxylic acids is 1. The molecule has 0 atom stereocenters. The van der Waals surface area contributed by atoms with Crippen LogP contribution in [0.1, 0.15) is 6.92 Å². The predicted octanol–water partition coefficient (Wildman–Crippen LogP) is -2.02. The zero-order valence-electron chi connectivity index (χ0n) is 10.6. The molecule has 1 heterocycles. The molecule has 0 unspecified atom stereocenters. The minimum atomic E-state index is -4.07. The van der Waals surface area contributed by atoms with Gasteiger partial charge in [0.25, 0.3) is 10.0 Å². The van der Waals surface area contributed by atoms with Crippen LogP contribution in [0, 0.1) is 0 Å². The lowest BCUT2D eigenvalue weighted by Crippen LogP contribution is -2.38. The molecule has 0 bridgehead atoms. The first-order chi connectivity index (χ1) is 9.70. The number of aromatic nitrogens is 2. The summed E-state index contributed by atoms with van der Waals surface area (Å²) in [7, 11) is -4.07. The highest BCUT2D eigenvalue weighted by Gasteiger charge is 2.21. The van der Waals surface area contributed by atoms with Crippen molar-refractivity contribution in [3.63, 3.8) is 0 Å². The van der Waals surface area contributed by atoms with Crippen molar-refractivity contribution in [2.45, 2.75) is 11.3 Å². The molecule has 0 saturated carbocycles. The maximum absolute atomic E-state index is 11.8. The quantitative estimate of drug-likeness (QED) is 0.413. The fourth-order valence-corrected chi connectivity index (χ4v) is 2.95. The molecule has 0 fully saturated rings. The van der Waals surface area contributed by atoms with Gasteiger partial charge in [0.1, 0.15) is 6.54 Å². The van der Waals surface area contributed by atoms with E-state index in [-0.39, 0.29) is 5.13 Å². The molecule has 1 rings (SSSR count). The Kier molecular flexibility index (Phi) is 5.69. The Morgan fingerprint density at radius 2 is 1.90 bits per heavy atom. The highest BCUT2D eigenvalue weighted by molar-refractivity contribution is 7.91. The number of carbonyl (C=O) groups is 3. The van der Waals surface area contributed by atoms with Gasteiger partial charge in [0.15, 0.2) is 0 Å². The summed E-state index contributed by atoms with van der Waals surface area (Å²) in [6.45, 7) is -0.0443. The number of hydrogen-bond donors (Lipinski definition) is 4. The van der Waals surface area contributed by atoms with Crippen molar-refractivity contribution in [3.05, 3.63) is 0 Å². The van der Waals surface area contributed by atoms with Gasteiger partial charge in [0.2, 0.25) is 21.3 Å². The number of anilines is 1. The van der Waals surface area contributed by atoms with E-state index in [0.717, 1.165) is 0 Å². The van der Waals surface area contributed by atoms with E-state index in [0.29, 0.717) is 11.3 Å². The fraction of sp³-hybridized carbons (Fsp3) is 0.375. The highest BCUT2D eigenvalue weighted by atomic mass is 32.2. The molecule has 11 nitrogen and oxygen atoms in total. The van der Waals surface area contributed by atoms with Crippen molar-refractivity contribution < 1.29 is 27.9 Å². The minimum absolute atomic E-state index is 0.00166. The molecule has 0 aliphatic heterocycles. The maximum atomic E-state index is 11.8. The Morgan fingerprint density at radius 3 is 2.48 bits per heavy atom. The molecule has 116 valence electrons. The van der Waals surface area contributed by atoms with Gasteiger partial charge in [0, 0.05) is 6.92 Å². The van der Waals surface area contributed by atoms with Crippen molar-refractivity contribution in [2.24, 2.45) is 0 Å². The van der Waals surface area contributed by atoms with Crippen LogP contribution in [0.5, 0.6) is 0 Å². The SMILES string of the molecule is CC(=O)Nc1nnc(S(=O)(=O)NCC(=O)NCC(=O)O)s1. The van der Waals surface area contributed by atoms with Crippen LogP contribution in [-0.2, 0) is 24.4 Å². The molecule has 4 N–H and O–H groups in total. The topological polar surface area (TPSA) is 167 Å². The summed E-state index contributed by atoms with van der Waals surface area (Å²) < 4.78 is 25.0. The van der Waals surface area contributed by atoms with E-state index in [4.69, 9.17) is 5.11 Å². The van der Waals surface area contributed by atoms with Crippen molar-refractivity contribution in [2.75, 3.05) is 18.4 Å². The number of nitrogens with zero attached hydrogens (tertiary/aromatic N) is 2. The van der Waals surface area contributed by atoms with Gasteiger partial charge in [-0.3, -0.25) is 14.4 Å². The first-order valence-corrected chi connectivity index (χ1v) is 7.60. The third-order valence-electron chi connectivity index (χ3n) is 1.78. The third-order valence-corrected chi connectivity index (χ3v) is 4.39. The minimum Gasteiger partial charge on any atom is -0.480 e. The molecule has 1 aromatic rings. The molecule has 13 heteroatoms. The normalized spacial score (nSPS) is 10.9. The summed E-state index contributed by atoms with van der Waals surface area (Å²) in [5.41, 5.74) is 0. The van der Waals surface area contributed by atoms with E-state index >= 15 is 0 Å². The van der Waals surface area contributed by atoms with E-state index in [2.05, 4.69) is 15.5 Å². The van der Waals surface area contributed by atoms with Crippen molar-refractivity contribution >= 4 is 44.3 Å². The summed E-state index contributed by atoms with van der Waals surface area (Å²) >= 11 is 0.608. The average Bonchev–Trinajstić information content (AvgIpc) is 2.82. The first kappa shape index (κ1) is 16.9. The Balaban J connectivity index is 2.61. The van der Waals surface area contributed by atoms with Gasteiger partial charge in [-0.2, -0.15) is 4.72 Å². The van der Waals surface area contributed by atoms with Crippen LogP contribution in [0.15, 0.2) is 4.34 Å². The van der Waals surface area contributed by atoms with E-state index < -0.39 is 45.2 Å². The van der Waals surface area contributed by atoms with Gasteiger partial charge in [-0.1, -0.05) is 11.3 Å². The van der Waals surface area contributed by atoms with Gasteiger partial charge >= 0.3 is 5.97 Å². The number of aliphatic carboxylic acids is 1. The van der Waals surface area contributed by atoms with E-state index in [1.165, 1.54) is 6.92 Å². The van der Waals surface area contributed by atoms with Crippen molar-refractivity contribution in [1.82, 2.24) is 20.2 Å². The van der Waals surface area contributed by atoms with Crippen molar-refractivity contribution in [3.8, 4) is 0 Å². The number of carboxylic acid groups (broad SMARTS) is 1. The Labute approximate surface area is 122 Å². The molecular formula is C8H11N5O6S2. The van der Waals surface area contributed by atoms with Crippen LogP contribution in [0.25, 0.3) is 0 Å². The highest BCUT2D eigenvalue weighted by Crippen LogP contribution is 2.19. The standard InChI is InChI=1S/C8H11N5O6S2/c1-4(14)11-7-12-13-8(20-7)21(18,19)10-2-5(15)9-3-6(16)17/h10H,2-3H2,1H3,(H,9,15)(H,16,17)(H,11,12,14). The van der Waals surface area contributed by atoms with Crippen LogP contribution < -0.4 is 15.4 Å². The smallest absolute Gasteiger partial charge is 0.322 e. The Hall–Kier alpha value is -2.12. The number of amides is 2. The number of rotatable bonds is 7. The number of hydrogen-bond acceptors (Lipinski definition) is 8. The van der Waals surface area contributed by atoms with Crippen LogP contribution >= 0.6 is 11.3 Å². The lowest BCUT2D eigenvalue weighted by Gasteiger charge is -2.03. The zero-order valence-corrected chi connectivity index (χ0v) is 12.2. The fourth-order valence-electron chi connectivity index (χ4n) is 0.978. The van der Waals surface area contributed by atoms with Crippen LogP contribution in [0.4, 0.5) is 5.13 Å². The zero-order chi connectivity index (χ0) is 16.0. The van der Waals surface area contributed by atoms with Crippen molar-refractivity contribution in [1.29, 1.82) is 0 Å². The summed E-state index contributed by atoms with van der Waals surface area (Å²) in [6.07, 6.45) is 0. The monoisotopic (exact) mass is 337 g/mol. The molecule has 0 radical (unpaired) electrons. The number of nitrogens with one attached hydrogen (secondary N) is 3. The van der Waals surface area contributed by atoms with Gasteiger partial charge in [-0.15, -0.1) is 10.2 Å². The Bertz CT molecular complexity index is 654. The van der Waals surface area contributed by atoms with Crippen LogP contribution in [0.2, 0.25) is 0 Å².